The van der Waals surface area contributed by atoms with Crippen molar-refractivity contribution in [2.75, 3.05) is 39.9 Å². The van der Waals surface area contributed by atoms with Gasteiger partial charge in [0.25, 0.3) is 5.91 Å². The highest BCUT2D eigenvalue weighted by Gasteiger charge is 2.39. The van der Waals surface area contributed by atoms with Crippen LogP contribution in [0.4, 0.5) is 22.0 Å². The van der Waals surface area contributed by atoms with Crippen LogP contribution in [0.3, 0.4) is 0 Å². The summed E-state index contributed by atoms with van der Waals surface area (Å²) in [7, 11) is 1.47. The van der Waals surface area contributed by atoms with Gasteiger partial charge in [-0.25, -0.2) is 18.3 Å². The summed E-state index contributed by atoms with van der Waals surface area (Å²) in [5.74, 6) is -1.56. The molecule has 13 heteroatoms. The normalized spacial score (nSPS) is 15.4. The Labute approximate surface area is 231 Å². The van der Waals surface area contributed by atoms with E-state index < -0.39 is 42.1 Å². The third kappa shape index (κ3) is 5.34. The first-order valence-corrected chi connectivity index (χ1v) is 12.7. The highest BCUT2D eigenvalue weighted by atomic mass is 19.4. The van der Waals surface area contributed by atoms with Crippen LogP contribution >= 0.6 is 0 Å². The maximum absolute atomic E-state index is 14.4. The number of alkyl halides is 3. The Hall–Kier alpha value is -4.10. The summed E-state index contributed by atoms with van der Waals surface area (Å²) in [4.78, 5) is 21.2. The lowest BCUT2D eigenvalue weighted by Crippen LogP contribution is -2.50. The first kappa shape index (κ1) is 28.4. The van der Waals surface area contributed by atoms with Gasteiger partial charge in [-0.05, 0) is 37.3 Å². The van der Waals surface area contributed by atoms with Gasteiger partial charge in [-0.1, -0.05) is 6.07 Å². The van der Waals surface area contributed by atoms with Gasteiger partial charge in [0.05, 0.1) is 31.6 Å². The van der Waals surface area contributed by atoms with Crippen molar-refractivity contribution >= 4 is 11.6 Å². The number of aromatic nitrogens is 3. The molecule has 1 aliphatic heterocycles. The molecule has 2 aromatic heterocycles. The number of piperazine rings is 1. The standard InChI is InChI=1S/C28H26F5N5O3/c1-16-24(17-3-6-19(41-2)7-4-17)35-26-21(14-34-38(26)25(16)28(31,32)33)27(40)37-11-9-36(10-12-37)23(15-39)20-8-5-18(29)13-22(20)30/h3-8,13-14,23,39H,9-12,15H2,1-2H3/t23-/m1/s1. The van der Waals surface area contributed by atoms with Crippen molar-refractivity contribution in [3.63, 3.8) is 0 Å². The Morgan fingerprint density at radius 2 is 1.76 bits per heavy atom. The van der Waals surface area contributed by atoms with Crippen molar-refractivity contribution in [1.82, 2.24) is 24.4 Å². The minimum Gasteiger partial charge on any atom is -0.497 e. The Kier molecular flexibility index (Phi) is 7.66. The van der Waals surface area contributed by atoms with Gasteiger partial charge < -0.3 is 14.7 Å². The number of aliphatic hydroxyl groups excluding tert-OH is 1. The number of carbonyl (C=O) groups is 1. The van der Waals surface area contributed by atoms with E-state index in [0.29, 0.717) is 15.8 Å². The number of hydrogen-bond donors (Lipinski definition) is 1. The Morgan fingerprint density at radius 1 is 1.07 bits per heavy atom. The molecule has 0 radical (unpaired) electrons. The SMILES string of the molecule is COc1ccc(-c2nc3c(C(=O)N4CCN([C@H](CO)c5ccc(F)cc5F)CC4)cnn3c(C(F)(F)F)c2C)cc1. The van der Waals surface area contributed by atoms with Crippen LogP contribution in [0.1, 0.15) is 33.2 Å². The largest absolute Gasteiger partial charge is 0.497 e. The minimum atomic E-state index is -4.78. The third-order valence-electron chi connectivity index (χ3n) is 7.28. The Balaban J connectivity index is 1.45. The molecule has 2 aromatic carbocycles. The van der Waals surface area contributed by atoms with Crippen LogP contribution in [0, 0.1) is 18.6 Å². The van der Waals surface area contributed by atoms with Crippen LogP contribution in [0.15, 0.2) is 48.7 Å². The predicted octanol–water partition coefficient (Wildman–Crippen LogP) is 4.50. The smallest absolute Gasteiger partial charge is 0.433 e. The number of hydrogen-bond acceptors (Lipinski definition) is 6. The molecule has 1 amide bonds. The molecule has 8 nitrogen and oxygen atoms in total. The van der Waals surface area contributed by atoms with Crippen LogP contribution in [0.25, 0.3) is 16.9 Å². The molecule has 3 heterocycles. The summed E-state index contributed by atoms with van der Waals surface area (Å²) < 4.78 is 76.2. The number of methoxy groups -OCH3 is 1. The van der Waals surface area contributed by atoms with Crippen molar-refractivity contribution in [3.8, 4) is 17.0 Å². The molecule has 0 spiro atoms. The number of aliphatic hydroxyl groups is 1. The predicted molar refractivity (Wildman–Crippen MR) is 138 cm³/mol. The van der Waals surface area contributed by atoms with Gasteiger partial charge in [-0.2, -0.15) is 18.3 Å². The van der Waals surface area contributed by atoms with E-state index in [1.807, 2.05) is 0 Å². The lowest BCUT2D eigenvalue weighted by atomic mass is 10.0. The van der Waals surface area contributed by atoms with E-state index in [-0.39, 0.29) is 54.2 Å². The van der Waals surface area contributed by atoms with Gasteiger partial charge in [-0.15, -0.1) is 0 Å². The van der Waals surface area contributed by atoms with Crippen molar-refractivity contribution in [3.05, 3.63) is 82.7 Å². The summed E-state index contributed by atoms with van der Waals surface area (Å²) in [5.41, 5.74) is -0.920. The van der Waals surface area contributed by atoms with Gasteiger partial charge in [0.15, 0.2) is 11.3 Å². The van der Waals surface area contributed by atoms with Crippen molar-refractivity contribution in [1.29, 1.82) is 0 Å². The first-order chi connectivity index (χ1) is 19.5. The zero-order chi connectivity index (χ0) is 29.5. The number of carbonyl (C=O) groups excluding carboxylic acids is 1. The second kappa shape index (κ2) is 11.1. The second-order valence-electron chi connectivity index (χ2n) is 9.65. The molecule has 1 aliphatic rings. The van der Waals surface area contributed by atoms with Crippen molar-refractivity contribution in [2.24, 2.45) is 0 Å². The van der Waals surface area contributed by atoms with E-state index in [2.05, 4.69) is 10.1 Å². The van der Waals surface area contributed by atoms with Gasteiger partial charge in [0.1, 0.15) is 22.9 Å². The summed E-state index contributed by atoms with van der Waals surface area (Å²) in [6, 6.07) is 8.75. The van der Waals surface area contributed by atoms with Crippen LogP contribution in [0.5, 0.6) is 5.75 Å². The molecule has 0 unspecified atom stereocenters. The quantitative estimate of drug-likeness (QED) is 0.341. The number of fused-ring (bicyclic) bond motifs is 1. The monoisotopic (exact) mass is 575 g/mol. The number of amides is 1. The summed E-state index contributed by atoms with van der Waals surface area (Å²) >= 11 is 0. The molecule has 1 saturated heterocycles. The first-order valence-electron chi connectivity index (χ1n) is 12.7. The zero-order valence-corrected chi connectivity index (χ0v) is 22.1. The number of benzene rings is 2. The zero-order valence-electron chi connectivity index (χ0n) is 22.1. The average Bonchev–Trinajstić information content (AvgIpc) is 3.36. The van der Waals surface area contributed by atoms with E-state index in [1.54, 1.807) is 29.2 Å². The molecule has 0 saturated carbocycles. The highest BCUT2D eigenvalue weighted by molar-refractivity contribution is 6.00. The van der Waals surface area contributed by atoms with E-state index in [1.165, 1.54) is 25.0 Å². The van der Waals surface area contributed by atoms with Crippen LogP contribution in [0.2, 0.25) is 0 Å². The lowest BCUT2D eigenvalue weighted by molar-refractivity contribution is -0.143. The van der Waals surface area contributed by atoms with E-state index in [4.69, 9.17) is 4.74 Å². The molecular weight excluding hydrogens is 549 g/mol. The highest BCUT2D eigenvalue weighted by Crippen LogP contribution is 2.37. The number of halogens is 5. The van der Waals surface area contributed by atoms with Crippen LogP contribution in [-0.2, 0) is 6.18 Å². The second-order valence-corrected chi connectivity index (χ2v) is 9.65. The molecule has 0 aliphatic carbocycles. The maximum atomic E-state index is 14.4. The average molecular weight is 576 g/mol. The molecule has 0 bridgehead atoms. The number of nitrogens with zero attached hydrogens (tertiary/aromatic N) is 5. The summed E-state index contributed by atoms with van der Waals surface area (Å²) in [5, 5.41) is 13.8. The maximum Gasteiger partial charge on any atom is 0.433 e. The molecule has 1 atom stereocenters. The minimum absolute atomic E-state index is 0.0546. The number of rotatable bonds is 6. The van der Waals surface area contributed by atoms with E-state index in [9.17, 15) is 31.9 Å². The van der Waals surface area contributed by atoms with Crippen LogP contribution < -0.4 is 4.74 Å². The molecule has 4 aromatic rings. The Bertz CT molecular complexity index is 1580. The molecule has 1 N–H and O–H groups in total. The van der Waals surface area contributed by atoms with E-state index >= 15 is 0 Å². The van der Waals surface area contributed by atoms with Gasteiger partial charge in [0, 0.05) is 48.9 Å². The molecule has 5 rings (SSSR count). The van der Waals surface area contributed by atoms with Gasteiger partial charge in [0.2, 0.25) is 0 Å². The molecule has 41 heavy (non-hydrogen) atoms. The fourth-order valence-electron chi connectivity index (χ4n) is 5.18. The van der Waals surface area contributed by atoms with E-state index in [0.717, 1.165) is 18.3 Å². The Morgan fingerprint density at radius 3 is 2.34 bits per heavy atom. The molecule has 1 fully saturated rings. The topological polar surface area (TPSA) is 83.2 Å². The van der Waals surface area contributed by atoms with Gasteiger partial charge in [-0.3, -0.25) is 9.69 Å². The van der Waals surface area contributed by atoms with Gasteiger partial charge >= 0.3 is 6.18 Å². The summed E-state index contributed by atoms with van der Waals surface area (Å²) in [6.45, 7) is 1.66. The summed E-state index contributed by atoms with van der Waals surface area (Å²) in [6.07, 6.45) is -3.70. The number of ether oxygens (including phenoxy) is 1. The molecule has 216 valence electrons. The lowest BCUT2D eigenvalue weighted by Gasteiger charge is -2.38. The van der Waals surface area contributed by atoms with Crippen LogP contribution in [-0.4, -0.2) is 75.3 Å². The fourth-order valence-corrected chi connectivity index (χ4v) is 5.18. The fraction of sp³-hybridized carbons (Fsp3) is 0.321. The van der Waals surface area contributed by atoms with Crippen molar-refractivity contribution in [2.45, 2.75) is 19.1 Å². The van der Waals surface area contributed by atoms with Crippen molar-refractivity contribution < 1.29 is 36.6 Å². The molecular formula is C28H26F5N5O3. The third-order valence-corrected chi connectivity index (χ3v) is 7.28.